The standard InChI is InChI=1S/C16H25N3OSi/c1-16(2,3)13-9-7-10-14(15(13)20)21(5,6)18(4)19-12-8-11-17-19/h7-12,20H,1-6H3. The fourth-order valence-corrected chi connectivity index (χ4v) is 4.71. The summed E-state index contributed by atoms with van der Waals surface area (Å²) < 4.78 is 2.15. The quantitative estimate of drug-likeness (QED) is 0.886. The second kappa shape index (κ2) is 5.22. The predicted octanol–water partition coefficient (Wildman–Crippen LogP) is 2.57. The van der Waals surface area contributed by atoms with Crippen LogP contribution in [0.15, 0.2) is 36.7 Å². The molecule has 4 nitrogen and oxygen atoms in total. The third kappa shape index (κ3) is 2.83. The van der Waals surface area contributed by atoms with Crippen molar-refractivity contribution in [2.24, 2.45) is 0 Å². The average Bonchev–Trinajstić information content (AvgIpc) is 2.90. The van der Waals surface area contributed by atoms with Gasteiger partial charge in [-0.05, 0) is 30.1 Å². The van der Waals surface area contributed by atoms with Gasteiger partial charge in [0.1, 0.15) is 5.75 Å². The van der Waals surface area contributed by atoms with Gasteiger partial charge >= 0.3 is 0 Å². The summed E-state index contributed by atoms with van der Waals surface area (Å²) >= 11 is 0. The van der Waals surface area contributed by atoms with E-state index >= 15 is 0 Å². The fraction of sp³-hybridized carbons (Fsp3) is 0.438. The zero-order valence-electron chi connectivity index (χ0n) is 13.8. The van der Waals surface area contributed by atoms with E-state index in [-0.39, 0.29) is 5.41 Å². The molecule has 1 heterocycles. The minimum atomic E-state index is -2.06. The van der Waals surface area contributed by atoms with Gasteiger partial charge in [0.2, 0.25) is 8.24 Å². The molecule has 0 radical (unpaired) electrons. The molecule has 21 heavy (non-hydrogen) atoms. The zero-order chi connectivity index (χ0) is 15.8. The number of phenolic OH excluding ortho intramolecular Hbond substituents is 1. The second-order valence-electron chi connectivity index (χ2n) is 6.96. The average molecular weight is 303 g/mol. The molecule has 114 valence electrons. The van der Waals surface area contributed by atoms with Crippen LogP contribution in [0.2, 0.25) is 13.1 Å². The first kappa shape index (κ1) is 15.6. The lowest BCUT2D eigenvalue weighted by Crippen LogP contribution is -2.61. The number of aromatic hydroxyl groups is 1. The summed E-state index contributed by atoms with van der Waals surface area (Å²) in [6, 6.07) is 8.00. The molecule has 1 N–H and O–H groups in total. The number of nitrogens with zero attached hydrogens (tertiary/aromatic N) is 3. The van der Waals surface area contributed by atoms with E-state index in [0.717, 1.165) is 10.8 Å². The summed E-state index contributed by atoms with van der Waals surface area (Å²) in [7, 11) is -0.0281. The molecule has 0 aliphatic heterocycles. The highest BCUT2D eigenvalue weighted by Gasteiger charge is 2.35. The number of para-hydroxylation sites is 1. The number of hydrogen-bond donors (Lipinski definition) is 1. The highest BCUT2D eigenvalue weighted by Crippen LogP contribution is 2.30. The summed E-state index contributed by atoms with van der Waals surface area (Å²) in [6.07, 6.45) is 3.70. The van der Waals surface area contributed by atoms with Gasteiger partial charge in [-0.2, -0.15) is 9.89 Å². The van der Waals surface area contributed by atoms with Crippen LogP contribution in [0.4, 0.5) is 0 Å². The highest BCUT2D eigenvalue weighted by atomic mass is 28.3. The van der Waals surface area contributed by atoms with Crippen LogP contribution in [-0.2, 0) is 5.41 Å². The summed E-state index contributed by atoms with van der Waals surface area (Å²) in [5, 5.41) is 16.1. The molecule has 0 atom stereocenters. The Labute approximate surface area is 128 Å². The van der Waals surface area contributed by atoms with E-state index in [0.29, 0.717) is 5.75 Å². The number of rotatable bonds is 3. The number of phenols is 1. The van der Waals surface area contributed by atoms with Gasteiger partial charge in [0.05, 0.1) is 6.20 Å². The molecule has 5 heteroatoms. The molecule has 0 aliphatic carbocycles. The van der Waals surface area contributed by atoms with Crippen LogP contribution < -0.4 is 9.86 Å². The molecule has 1 aromatic carbocycles. The summed E-state index contributed by atoms with van der Waals surface area (Å²) in [4.78, 5) is 1.84. The zero-order valence-corrected chi connectivity index (χ0v) is 14.8. The predicted molar refractivity (Wildman–Crippen MR) is 90.3 cm³/mol. The minimum absolute atomic E-state index is 0.0746. The van der Waals surface area contributed by atoms with Crippen molar-refractivity contribution in [2.45, 2.75) is 39.3 Å². The third-order valence-electron chi connectivity index (χ3n) is 4.11. The van der Waals surface area contributed by atoms with Crippen molar-refractivity contribution < 1.29 is 5.11 Å². The van der Waals surface area contributed by atoms with E-state index in [1.54, 1.807) is 6.20 Å². The van der Waals surface area contributed by atoms with Gasteiger partial charge in [-0.3, -0.25) is 0 Å². The Kier molecular flexibility index (Phi) is 3.89. The molecular weight excluding hydrogens is 278 g/mol. The SMILES string of the molecule is CN(n1cccn1)[Si](C)(C)c1cccc(C(C)(C)C)c1O. The van der Waals surface area contributed by atoms with Gasteiger partial charge in [0, 0.05) is 18.4 Å². The first-order valence-electron chi connectivity index (χ1n) is 7.22. The van der Waals surface area contributed by atoms with E-state index in [1.807, 2.05) is 42.3 Å². The van der Waals surface area contributed by atoms with E-state index in [9.17, 15) is 5.11 Å². The Morgan fingerprint density at radius 1 is 1.19 bits per heavy atom. The van der Waals surface area contributed by atoms with Crippen LogP contribution >= 0.6 is 0 Å². The van der Waals surface area contributed by atoms with Crippen molar-refractivity contribution >= 4 is 13.4 Å². The largest absolute Gasteiger partial charge is 0.508 e. The first-order chi connectivity index (χ1) is 9.65. The number of benzene rings is 1. The molecule has 0 amide bonds. The van der Waals surface area contributed by atoms with Gasteiger partial charge < -0.3 is 9.78 Å². The van der Waals surface area contributed by atoms with E-state index in [2.05, 4.69) is 43.6 Å². The fourth-order valence-electron chi connectivity index (χ4n) is 2.51. The van der Waals surface area contributed by atoms with Crippen LogP contribution in [0.5, 0.6) is 5.75 Å². The van der Waals surface area contributed by atoms with Gasteiger partial charge in [-0.1, -0.05) is 39.0 Å². The summed E-state index contributed by atoms with van der Waals surface area (Å²) in [5.41, 5.74) is 0.920. The Bertz CT molecular complexity index is 615. The molecule has 0 unspecified atom stereocenters. The Morgan fingerprint density at radius 2 is 1.86 bits per heavy atom. The van der Waals surface area contributed by atoms with E-state index in [4.69, 9.17) is 0 Å². The van der Waals surface area contributed by atoms with Gasteiger partial charge in [0.25, 0.3) is 0 Å². The summed E-state index contributed by atoms with van der Waals surface area (Å²) in [6.45, 7) is 10.8. The Balaban J connectivity index is 2.50. The molecule has 0 spiro atoms. The van der Waals surface area contributed by atoms with Gasteiger partial charge in [-0.15, -0.1) is 0 Å². The molecule has 2 rings (SSSR count). The van der Waals surface area contributed by atoms with Crippen molar-refractivity contribution in [3.05, 3.63) is 42.2 Å². The molecule has 0 bridgehead atoms. The molecule has 0 saturated carbocycles. The number of aromatic nitrogens is 2. The topological polar surface area (TPSA) is 41.3 Å². The van der Waals surface area contributed by atoms with Gasteiger partial charge in [0.15, 0.2) is 0 Å². The van der Waals surface area contributed by atoms with Crippen molar-refractivity contribution in [3.63, 3.8) is 0 Å². The lowest BCUT2D eigenvalue weighted by Gasteiger charge is -2.36. The highest BCUT2D eigenvalue weighted by molar-refractivity contribution is 6.92. The molecule has 0 saturated heterocycles. The monoisotopic (exact) mass is 303 g/mol. The van der Waals surface area contributed by atoms with Crippen molar-refractivity contribution in [1.82, 2.24) is 9.89 Å². The maximum atomic E-state index is 10.8. The molecule has 0 aliphatic rings. The van der Waals surface area contributed by atoms with Crippen molar-refractivity contribution in [3.8, 4) is 5.75 Å². The maximum absolute atomic E-state index is 10.8. The Morgan fingerprint density at radius 3 is 2.38 bits per heavy atom. The van der Waals surface area contributed by atoms with Crippen molar-refractivity contribution in [1.29, 1.82) is 0 Å². The third-order valence-corrected chi connectivity index (χ3v) is 7.65. The molecule has 0 fully saturated rings. The van der Waals surface area contributed by atoms with Gasteiger partial charge in [-0.25, -0.2) is 0 Å². The molecular formula is C16H25N3OSi. The Hall–Kier alpha value is -1.75. The van der Waals surface area contributed by atoms with E-state index in [1.165, 1.54) is 0 Å². The summed E-state index contributed by atoms with van der Waals surface area (Å²) in [5.74, 6) is 0.431. The maximum Gasteiger partial charge on any atom is 0.206 e. The minimum Gasteiger partial charge on any atom is -0.508 e. The second-order valence-corrected chi connectivity index (χ2v) is 11.3. The smallest absolute Gasteiger partial charge is 0.206 e. The van der Waals surface area contributed by atoms with Crippen LogP contribution in [0, 0.1) is 0 Å². The van der Waals surface area contributed by atoms with Crippen LogP contribution in [0.3, 0.4) is 0 Å². The lowest BCUT2D eigenvalue weighted by atomic mass is 9.86. The van der Waals surface area contributed by atoms with Crippen LogP contribution in [0.25, 0.3) is 0 Å². The molecule has 2 aromatic rings. The lowest BCUT2D eigenvalue weighted by molar-refractivity contribution is 0.450. The van der Waals surface area contributed by atoms with Crippen LogP contribution in [-0.4, -0.2) is 30.3 Å². The van der Waals surface area contributed by atoms with Crippen molar-refractivity contribution in [2.75, 3.05) is 11.7 Å². The normalized spacial score (nSPS) is 12.5. The first-order valence-corrected chi connectivity index (χ1v) is 10.2. The van der Waals surface area contributed by atoms with E-state index < -0.39 is 8.24 Å². The molecule has 1 aromatic heterocycles. The van der Waals surface area contributed by atoms with Crippen LogP contribution in [0.1, 0.15) is 26.3 Å². The number of hydrogen-bond acceptors (Lipinski definition) is 3.